The molecule has 0 aliphatic carbocycles. The van der Waals surface area contributed by atoms with Crippen LogP contribution < -0.4 is 4.90 Å². The van der Waals surface area contributed by atoms with Crippen molar-refractivity contribution in [3.63, 3.8) is 0 Å². The number of ketones is 1. The van der Waals surface area contributed by atoms with Crippen LogP contribution in [0.5, 0.6) is 0 Å². The number of hydrogen-bond donors (Lipinski definition) is 0. The molecule has 0 N–H and O–H groups in total. The van der Waals surface area contributed by atoms with E-state index in [1.165, 1.54) is 11.0 Å². The third-order valence-electron chi connectivity index (χ3n) is 3.43. The van der Waals surface area contributed by atoms with E-state index in [-0.39, 0.29) is 11.9 Å². The highest BCUT2D eigenvalue weighted by atomic mass is 16.6. The summed E-state index contributed by atoms with van der Waals surface area (Å²) < 4.78 is 4.91. The highest BCUT2D eigenvalue weighted by molar-refractivity contribution is 6.07. The fourth-order valence-corrected chi connectivity index (χ4v) is 2.29. The molecule has 1 aliphatic heterocycles. The third kappa shape index (κ3) is 3.06. The van der Waals surface area contributed by atoms with Crippen LogP contribution in [0.4, 0.5) is 10.5 Å². The second-order valence-corrected chi connectivity index (χ2v) is 4.92. The lowest BCUT2D eigenvalue weighted by atomic mass is 10.1. The fourth-order valence-electron chi connectivity index (χ4n) is 2.29. The predicted octanol–water partition coefficient (Wildman–Crippen LogP) is 3.54. The van der Waals surface area contributed by atoms with Crippen molar-refractivity contribution < 1.29 is 14.3 Å². The average Bonchev–Trinajstić information content (AvgIpc) is 3.00. The second kappa shape index (κ2) is 6.26. The first kappa shape index (κ1) is 14.1. The first-order valence-corrected chi connectivity index (χ1v) is 7.06. The van der Waals surface area contributed by atoms with Crippen LogP contribution in [0.15, 0.2) is 60.7 Å². The van der Waals surface area contributed by atoms with Crippen molar-refractivity contribution in [2.24, 2.45) is 0 Å². The van der Waals surface area contributed by atoms with Crippen LogP contribution >= 0.6 is 0 Å². The molecular formula is C18H15NO3. The van der Waals surface area contributed by atoms with Crippen molar-refractivity contribution in [1.82, 2.24) is 0 Å². The van der Waals surface area contributed by atoms with E-state index in [1.807, 2.05) is 30.3 Å². The van der Waals surface area contributed by atoms with Gasteiger partial charge >= 0.3 is 6.09 Å². The molecule has 1 amide bonds. The molecule has 2 aromatic rings. The van der Waals surface area contributed by atoms with E-state index in [0.29, 0.717) is 24.4 Å². The van der Waals surface area contributed by atoms with E-state index in [4.69, 9.17) is 4.74 Å². The lowest BCUT2D eigenvalue weighted by Crippen LogP contribution is -2.23. The first-order chi connectivity index (χ1) is 10.7. The van der Waals surface area contributed by atoms with Crippen molar-refractivity contribution in [3.8, 4) is 0 Å². The maximum atomic E-state index is 12.2. The number of hydrogen-bond acceptors (Lipinski definition) is 3. The van der Waals surface area contributed by atoms with E-state index >= 15 is 0 Å². The summed E-state index contributed by atoms with van der Waals surface area (Å²) >= 11 is 0. The number of carbonyl (C=O) groups is 2. The van der Waals surface area contributed by atoms with Crippen molar-refractivity contribution in [2.75, 3.05) is 18.1 Å². The molecule has 2 aromatic carbocycles. The van der Waals surface area contributed by atoms with E-state index in [1.54, 1.807) is 30.3 Å². The summed E-state index contributed by atoms with van der Waals surface area (Å²) in [6, 6.07) is 16.6. The van der Waals surface area contributed by atoms with Crippen molar-refractivity contribution in [2.45, 2.75) is 0 Å². The monoisotopic (exact) mass is 293 g/mol. The first-order valence-electron chi connectivity index (χ1n) is 7.06. The summed E-state index contributed by atoms with van der Waals surface area (Å²) in [4.78, 5) is 25.3. The molecule has 3 rings (SSSR count). The molecule has 1 heterocycles. The Labute approximate surface area is 128 Å². The van der Waals surface area contributed by atoms with Crippen LogP contribution in [0.25, 0.3) is 6.08 Å². The van der Waals surface area contributed by atoms with Gasteiger partial charge in [0.1, 0.15) is 6.61 Å². The second-order valence-electron chi connectivity index (χ2n) is 4.92. The molecule has 0 atom stereocenters. The molecule has 0 spiro atoms. The topological polar surface area (TPSA) is 46.6 Å². The van der Waals surface area contributed by atoms with E-state index in [9.17, 15) is 9.59 Å². The summed E-state index contributed by atoms with van der Waals surface area (Å²) in [5.74, 6) is -0.0988. The summed E-state index contributed by atoms with van der Waals surface area (Å²) in [5, 5.41) is 0. The maximum Gasteiger partial charge on any atom is 0.414 e. The summed E-state index contributed by atoms with van der Waals surface area (Å²) in [7, 11) is 0. The number of amides is 1. The van der Waals surface area contributed by atoms with Crippen LogP contribution in [0.2, 0.25) is 0 Å². The van der Waals surface area contributed by atoms with Gasteiger partial charge in [0.25, 0.3) is 0 Å². The Balaban J connectivity index is 1.78. The third-order valence-corrected chi connectivity index (χ3v) is 3.43. The molecule has 0 unspecified atom stereocenters. The highest BCUT2D eigenvalue weighted by Gasteiger charge is 2.23. The quantitative estimate of drug-likeness (QED) is 0.640. The Morgan fingerprint density at radius 3 is 2.64 bits per heavy atom. The molecule has 0 bridgehead atoms. The number of anilines is 1. The van der Waals surface area contributed by atoms with Gasteiger partial charge in [-0.1, -0.05) is 48.5 Å². The predicted molar refractivity (Wildman–Crippen MR) is 84.9 cm³/mol. The molecule has 0 saturated carbocycles. The molecule has 22 heavy (non-hydrogen) atoms. The smallest absolute Gasteiger partial charge is 0.414 e. The van der Waals surface area contributed by atoms with Gasteiger partial charge in [-0.05, 0) is 23.8 Å². The molecular weight excluding hydrogens is 278 g/mol. The minimum Gasteiger partial charge on any atom is -0.447 e. The van der Waals surface area contributed by atoms with Gasteiger partial charge in [0.15, 0.2) is 5.78 Å². The lowest BCUT2D eigenvalue weighted by Gasteiger charge is -2.13. The van der Waals surface area contributed by atoms with Gasteiger partial charge < -0.3 is 4.74 Å². The number of ether oxygens (including phenoxy) is 1. The molecule has 1 saturated heterocycles. The zero-order valence-electron chi connectivity index (χ0n) is 11.9. The van der Waals surface area contributed by atoms with Gasteiger partial charge in [0.05, 0.1) is 6.54 Å². The number of carbonyl (C=O) groups excluding carboxylic acids is 2. The lowest BCUT2D eigenvalue weighted by molar-refractivity contribution is 0.104. The largest absolute Gasteiger partial charge is 0.447 e. The zero-order chi connectivity index (χ0) is 15.4. The minimum atomic E-state index is -0.371. The Kier molecular flexibility index (Phi) is 4.01. The summed E-state index contributed by atoms with van der Waals surface area (Å²) in [6.07, 6.45) is 2.94. The van der Waals surface area contributed by atoms with Gasteiger partial charge in [0.2, 0.25) is 0 Å². The highest BCUT2D eigenvalue weighted by Crippen LogP contribution is 2.20. The van der Waals surface area contributed by atoms with Crippen LogP contribution in [0.1, 0.15) is 15.9 Å². The molecule has 0 aromatic heterocycles. The Bertz CT molecular complexity index is 722. The molecule has 0 radical (unpaired) electrons. The Morgan fingerprint density at radius 1 is 1.09 bits per heavy atom. The number of cyclic esters (lactones) is 1. The van der Waals surface area contributed by atoms with Crippen LogP contribution in [0, 0.1) is 0 Å². The molecule has 4 nitrogen and oxygen atoms in total. The Hall–Kier alpha value is -2.88. The van der Waals surface area contributed by atoms with Gasteiger partial charge in [-0.15, -0.1) is 0 Å². The van der Waals surface area contributed by atoms with Gasteiger partial charge in [0, 0.05) is 11.3 Å². The normalized spacial score (nSPS) is 14.4. The minimum absolute atomic E-state index is 0.0988. The Morgan fingerprint density at radius 2 is 1.91 bits per heavy atom. The van der Waals surface area contributed by atoms with Crippen LogP contribution in [0.3, 0.4) is 0 Å². The van der Waals surface area contributed by atoms with Crippen molar-refractivity contribution in [3.05, 3.63) is 71.8 Å². The van der Waals surface area contributed by atoms with E-state index in [0.717, 1.165) is 5.56 Å². The number of rotatable bonds is 4. The SMILES string of the molecule is O=C(/C=C/c1ccccc1)c1cccc(N2CCOC2=O)c1. The maximum absolute atomic E-state index is 12.2. The van der Waals surface area contributed by atoms with Crippen LogP contribution in [-0.4, -0.2) is 25.0 Å². The summed E-state index contributed by atoms with van der Waals surface area (Å²) in [6.45, 7) is 0.890. The van der Waals surface area contributed by atoms with Gasteiger partial charge in [-0.2, -0.15) is 0 Å². The number of nitrogens with zero attached hydrogens (tertiary/aromatic N) is 1. The molecule has 110 valence electrons. The number of allylic oxidation sites excluding steroid dienone is 1. The average molecular weight is 293 g/mol. The standard InChI is InChI=1S/C18H15NO3/c20-17(10-9-14-5-2-1-3-6-14)15-7-4-8-16(13-15)19-11-12-22-18(19)21/h1-10,13H,11-12H2/b10-9+. The molecule has 1 fully saturated rings. The van der Waals surface area contributed by atoms with Gasteiger partial charge in [-0.3, -0.25) is 9.69 Å². The van der Waals surface area contributed by atoms with Crippen LogP contribution in [-0.2, 0) is 4.74 Å². The molecule has 4 heteroatoms. The van der Waals surface area contributed by atoms with E-state index < -0.39 is 0 Å². The van der Waals surface area contributed by atoms with Crippen molar-refractivity contribution >= 4 is 23.6 Å². The number of benzene rings is 2. The van der Waals surface area contributed by atoms with Gasteiger partial charge in [-0.25, -0.2) is 4.79 Å². The van der Waals surface area contributed by atoms with Crippen molar-refractivity contribution in [1.29, 1.82) is 0 Å². The van der Waals surface area contributed by atoms with E-state index in [2.05, 4.69) is 0 Å². The summed E-state index contributed by atoms with van der Waals surface area (Å²) in [5.41, 5.74) is 2.20. The fraction of sp³-hybridized carbons (Fsp3) is 0.111. The zero-order valence-corrected chi connectivity index (χ0v) is 11.9. The molecule has 1 aliphatic rings.